The van der Waals surface area contributed by atoms with E-state index in [4.69, 9.17) is 0 Å². The lowest BCUT2D eigenvalue weighted by molar-refractivity contribution is 0.469. The Morgan fingerprint density at radius 2 is 1.63 bits per heavy atom. The van der Waals surface area contributed by atoms with Gasteiger partial charge in [0.25, 0.3) is 0 Å². The Morgan fingerprint density at radius 3 is 2.16 bits per heavy atom. The Balaban J connectivity index is 2.66. The minimum atomic E-state index is 0.0845. The zero-order chi connectivity index (χ0) is 14.0. The second kappa shape index (κ2) is 5.08. The van der Waals surface area contributed by atoms with Crippen LogP contribution in [0.3, 0.4) is 0 Å². The molecule has 0 bridgehead atoms. The van der Waals surface area contributed by atoms with Gasteiger partial charge in [0.2, 0.25) is 0 Å². The highest BCUT2D eigenvalue weighted by Crippen LogP contribution is 2.37. The number of hydrogen-bond donors (Lipinski definition) is 1. The van der Waals surface area contributed by atoms with Crippen molar-refractivity contribution in [2.24, 2.45) is 0 Å². The van der Waals surface area contributed by atoms with Gasteiger partial charge < -0.3 is 5.11 Å². The molecule has 19 heavy (non-hydrogen) atoms. The molecule has 0 aliphatic rings. The minimum Gasteiger partial charge on any atom is -0.507 e. The molecule has 0 aliphatic carbocycles. The standard InChI is InChI=1S/C18H22O/c1-5-13-11-15(18(2,3)4)12-16(17(13)19)14-9-7-6-8-10-14/h6-12,19H,5H2,1-4H3. The maximum absolute atomic E-state index is 10.4. The fourth-order valence-corrected chi connectivity index (χ4v) is 2.23. The van der Waals surface area contributed by atoms with Crippen molar-refractivity contribution >= 4 is 0 Å². The molecule has 0 aliphatic heterocycles. The van der Waals surface area contributed by atoms with Crippen LogP contribution in [-0.2, 0) is 11.8 Å². The molecule has 0 saturated carbocycles. The summed E-state index contributed by atoms with van der Waals surface area (Å²) in [4.78, 5) is 0. The number of benzene rings is 2. The highest BCUT2D eigenvalue weighted by Gasteiger charge is 2.18. The van der Waals surface area contributed by atoms with E-state index in [2.05, 4.69) is 39.8 Å². The Morgan fingerprint density at radius 1 is 1.00 bits per heavy atom. The Labute approximate surface area is 115 Å². The van der Waals surface area contributed by atoms with E-state index in [-0.39, 0.29) is 5.41 Å². The molecule has 0 saturated heterocycles. The summed E-state index contributed by atoms with van der Waals surface area (Å²) in [6, 6.07) is 14.3. The molecule has 2 aromatic carbocycles. The van der Waals surface area contributed by atoms with Gasteiger partial charge in [-0.25, -0.2) is 0 Å². The van der Waals surface area contributed by atoms with Crippen LogP contribution in [0.25, 0.3) is 11.1 Å². The van der Waals surface area contributed by atoms with Gasteiger partial charge in [0.05, 0.1) is 0 Å². The number of aromatic hydroxyl groups is 1. The summed E-state index contributed by atoms with van der Waals surface area (Å²) in [7, 11) is 0. The van der Waals surface area contributed by atoms with Crippen LogP contribution in [0, 0.1) is 0 Å². The lowest BCUT2D eigenvalue weighted by Gasteiger charge is -2.22. The van der Waals surface area contributed by atoms with E-state index in [1.807, 2.05) is 30.3 Å². The number of phenols is 1. The normalized spacial score (nSPS) is 11.6. The van der Waals surface area contributed by atoms with Crippen molar-refractivity contribution in [2.75, 3.05) is 0 Å². The molecule has 0 heterocycles. The van der Waals surface area contributed by atoms with E-state index < -0.39 is 0 Å². The van der Waals surface area contributed by atoms with Crippen LogP contribution in [0.1, 0.15) is 38.8 Å². The summed E-state index contributed by atoms with van der Waals surface area (Å²) in [5, 5.41) is 10.4. The van der Waals surface area contributed by atoms with Crippen molar-refractivity contribution in [1.29, 1.82) is 0 Å². The molecule has 0 radical (unpaired) electrons. The van der Waals surface area contributed by atoms with Crippen LogP contribution in [0.2, 0.25) is 0 Å². The van der Waals surface area contributed by atoms with Gasteiger partial charge in [-0.3, -0.25) is 0 Å². The molecule has 0 fully saturated rings. The lowest BCUT2D eigenvalue weighted by atomic mass is 9.83. The van der Waals surface area contributed by atoms with Crippen LogP contribution in [0.15, 0.2) is 42.5 Å². The maximum Gasteiger partial charge on any atom is 0.126 e. The molecular weight excluding hydrogens is 232 g/mol. The van der Waals surface area contributed by atoms with Crippen LogP contribution in [0.4, 0.5) is 0 Å². The molecule has 0 amide bonds. The molecule has 2 rings (SSSR count). The van der Waals surface area contributed by atoms with E-state index >= 15 is 0 Å². The first kappa shape index (κ1) is 13.7. The quantitative estimate of drug-likeness (QED) is 0.806. The molecule has 0 spiro atoms. The lowest BCUT2D eigenvalue weighted by Crippen LogP contribution is -2.11. The summed E-state index contributed by atoms with van der Waals surface area (Å²) in [6.07, 6.45) is 0.843. The van der Waals surface area contributed by atoms with Crippen molar-refractivity contribution in [3.05, 3.63) is 53.6 Å². The third kappa shape index (κ3) is 2.81. The van der Waals surface area contributed by atoms with Crippen molar-refractivity contribution in [1.82, 2.24) is 0 Å². The Hall–Kier alpha value is -1.76. The zero-order valence-electron chi connectivity index (χ0n) is 12.2. The largest absolute Gasteiger partial charge is 0.507 e. The number of phenolic OH excluding ortho intramolecular Hbond substituents is 1. The van der Waals surface area contributed by atoms with Crippen LogP contribution >= 0.6 is 0 Å². The highest BCUT2D eigenvalue weighted by atomic mass is 16.3. The van der Waals surface area contributed by atoms with Gasteiger partial charge in [0.15, 0.2) is 0 Å². The Kier molecular flexibility index (Phi) is 3.66. The minimum absolute atomic E-state index is 0.0845. The van der Waals surface area contributed by atoms with Crippen molar-refractivity contribution in [3.63, 3.8) is 0 Å². The highest BCUT2D eigenvalue weighted by molar-refractivity contribution is 5.73. The molecule has 1 nitrogen and oxygen atoms in total. The molecular formula is C18H22O. The fourth-order valence-electron chi connectivity index (χ4n) is 2.23. The zero-order valence-corrected chi connectivity index (χ0v) is 12.2. The van der Waals surface area contributed by atoms with E-state index in [0.717, 1.165) is 23.1 Å². The SMILES string of the molecule is CCc1cc(C(C)(C)C)cc(-c2ccccc2)c1O. The van der Waals surface area contributed by atoms with E-state index in [9.17, 15) is 5.11 Å². The summed E-state index contributed by atoms with van der Waals surface area (Å²) < 4.78 is 0. The molecule has 0 aromatic heterocycles. The molecule has 100 valence electrons. The van der Waals surface area contributed by atoms with Gasteiger partial charge in [0.1, 0.15) is 5.75 Å². The van der Waals surface area contributed by atoms with Crippen LogP contribution in [0.5, 0.6) is 5.75 Å². The van der Waals surface area contributed by atoms with Crippen molar-refractivity contribution < 1.29 is 5.11 Å². The smallest absolute Gasteiger partial charge is 0.126 e. The number of hydrogen-bond acceptors (Lipinski definition) is 1. The third-order valence-corrected chi connectivity index (χ3v) is 3.52. The second-order valence-corrected chi connectivity index (χ2v) is 6.00. The average Bonchev–Trinajstić information content (AvgIpc) is 2.38. The first-order valence-corrected chi connectivity index (χ1v) is 6.85. The maximum atomic E-state index is 10.4. The molecule has 0 unspecified atom stereocenters. The van der Waals surface area contributed by atoms with E-state index in [0.29, 0.717) is 5.75 Å². The first-order chi connectivity index (χ1) is 8.93. The summed E-state index contributed by atoms with van der Waals surface area (Å²) in [5.74, 6) is 0.418. The summed E-state index contributed by atoms with van der Waals surface area (Å²) in [6.45, 7) is 8.69. The molecule has 2 aromatic rings. The molecule has 1 heteroatoms. The Bertz CT molecular complexity index is 562. The van der Waals surface area contributed by atoms with Crippen LogP contribution in [-0.4, -0.2) is 5.11 Å². The van der Waals surface area contributed by atoms with Crippen molar-refractivity contribution in [2.45, 2.75) is 39.5 Å². The monoisotopic (exact) mass is 254 g/mol. The fraction of sp³-hybridized carbons (Fsp3) is 0.333. The van der Waals surface area contributed by atoms with Gasteiger partial charge in [-0.05, 0) is 34.6 Å². The number of rotatable bonds is 2. The third-order valence-electron chi connectivity index (χ3n) is 3.52. The predicted octanol–water partition coefficient (Wildman–Crippen LogP) is 4.92. The van der Waals surface area contributed by atoms with E-state index in [1.54, 1.807) is 0 Å². The molecule has 1 N–H and O–H groups in total. The van der Waals surface area contributed by atoms with Gasteiger partial charge in [-0.1, -0.05) is 64.1 Å². The second-order valence-electron chi connectivity index (χ2n) is 6.00. The number of aryl methyl sites for hydroxylation is 1. The van der Waals surface area contributed by atoms with Gasteiger partial charge in [0, 0.05) is 5.56 Å². The van der Waals surface area contributed by atoms with E-state index in [1.165, 1.54) is 5.56 Å². The average molecular weight is 254 g/mol. The van der Waals surface area contributed by atoms with Crippen molar-refractivity contribution in [3.8, 4) is 16.9 Å². The summed E-state index contributed by atoms with van der Waals surface area (Å²) >= 11 is 0. The van der Waals surface area contributed by atoms with Gasteiger partial charge in [-0.15, -0.1) is 0 Å². The first-order valence-electron chi connectivity index (χ1n) is 6.85. The topological polar surface area (TPSA) is 20.2 Å². The molecule has 0 atom stereocenters. The summed E-state index contributed by atoms with van der Waals surface area (Å²) in [5.41, 5.74) is 4.37. The predicted molar refractivity (Wildman–Crippen MR) is 81.6 cm³/mol. The van der Waals surface area contributed by atoms with Crippen LogP contribution < -0.4 is 0 Å². The van der Waals surface area contributed by atoms with Gasteiger partial charge in [-0.2, -0.15) is 0 Å². The van der Waals surface area contributed by atoms with Gasteiger partial charge >= 0.3 is 0 Å².